The van der Waals surface area contributed by atoms with Crippen LogP contribution in [-0.2, 0) is 0 Å². The van der Waals surface area contributed by atoms with Gasteiger partial charge in [-0.1, -0.05) is 0 Å². The zero-order valence-electron chi connectivity index (χ0n) is 10.9. The summed E-state index contributed by atoms with van der Waals surface area (Å²) in [6.07, 6.45) is 2.75. The molecule has 0 spiro atoms. The normalized spacial score (nSPS) is 10.1. The maximum Gasteiger partial charge on any atom is 0.266 e. The predicted molar refractivity (Wildman–Crippen MR) is 69.9 cm³/mol. The number of aromatic amines is 1. The quantitative estimate of drug-likeness (QED) is 0.903. The third-order valence-corrected chi connectivity index (χ3v) is 2.63. The lowest BCUT2D eigenvalue weighted by Gasteiger charge is -2.13. The van der Waals surface area contributed by atoms with Crippen molar-refractivity contribution in [2.75, 3.05) is 21.3 Å². The van der Waals surface area contributed by atoms with E-state index in [4.69, 9.17) is 14.2 Å². The van der Waals surface area contributed by atoms with Crippen molar-refractivity contribution in [2.24, 2.45) is 0 Å². The van der Waals surface area contributed by atoms with Crippen molar-refractivity contribution in [2.45, 2.75) is 0 Å². The maximum atomic E-state index is 11.0. The van der Waals surface area contributed by atoms with Crippen molar-refractivity contribution < 1.29 is 14.2 Å². The van der Waals surface area contributed by atoms with Crippen LogP contribution < -0.4 is 19.8 Å². The SMILES string of the molecule is COc1cc(-c2c[nH]c(=O)cn2)cc(OC)c1OC. The van der Waals surface area contributed by atoms with Gasteiger partial charge in [0.2, 0.25) is 5.75 Å². The molecule has 0 radical (unpaired) electrons. The fourth-order valence-corrected chi connectivity index (χ4v) is 1.73. The van der Waals surface area contributed by atoms with E-state index < -0.39 is 0 Å². The molecule has 2 rings (SSSR count). The lowest BCUT2D eigenvalue weighted by Crippen LogP contribution is -2.04. The number of benzene rings is 1. The molecule has 1 aromatic carbocycles. The highest BCUT2D eigenvalue weighted by atomic mass is 16.5. The van der Waals surface area contributed by atoms with Gasteiger partial charge in [0.1, 0.15) is 0 Å². The average molecular weight is 262 g/mol. The molecule has 1 aromatic heterocycles. The van der Waals surface area contributed by atoms with Gasteiger partial charge in [-0.05, 0) is 12.1 Å². The number of aromatic nitrogens is 2. The first-order chi connectivity index (χ1) is 9.19. The van der Waals surface area contributed by atoms with Gasteiger partial charge in [0.15, 0.2) is 11.5 Å². The number of nitrogens with one attached hydrogen (secondary N) is 1. The van der Waals surface area contributed by atoms with E-state index in [-0.39, 0.29) is 5.56 Å². The molecule has 0 aliphatic heterocycles. The van der Waals surface area contributed by atoms with Crippen molar-refractivity contribution in [1.82, 2.24) is 9.97 Å². The van der Waals surface area contributed by atoms with E-state index in [1.807, 2.05) is 0 Å². The molecule has 0 unspecified atom stereocenters. The highest BCUT2D eigenvalue weighted by Gasteiger charge is 2.14. The van der Waals surface area contributed by atoms with Crippen molar-refractivity contribution in [3.05, 3.63) is 34.9 Å². The number of nitrogens with zero attached hydrogens (tertiary/aromatic N) is 1. The molecular weight excluding hydrogens is 248 g/mol. The summed E-state index contributed by atoms with van der Waals surface area (Å²) in [5, 5.41) is 0. The van der Waals surface area contributed by atoms with E-state index >= 15 is 0 Å². The van der Waals surface area contributed by atoms with Gasteiger partial charge in [-0.2, -0.15) is 0 Å². The summed E-state index contributed by atoms with van der Waals surface area (Å²) in [5.41, 5.74) is 1.11. The summed E-state index contributed by atoms with van der Waals surface area (Å²) >= 11 is 0. The van der Waals surface area contributed by atoms with Crippen LogP contribution in [0.25, 0.3) is 11.3 Å². The molecule has 0 saturated carbocycles. The van der Waals surface area contributed by atoms with Crippen LogP contribution in [0.4, 0.5) is 0 Å². The Kier molecular flexibility index (Phi) is 3.70. The largest absolute Gasteiger partial charge is 0.493 e. The van der Waals surface area contributed by atoms with Crippen LogP contribution in [0.1, 0.15) is 0 Å². The van der Waals surface area contributed by atoms with E-state index in [2.05, 4.69) is 9.97 Å². The minimum Gasteiger partial charge on any atom is -0.493 e. The summed E-state index contributed by atoms with van der Waals surface area (Å²) in [6.45, 7) is 0. The number of hydrogen-bond donors (Lipinski definition) is 1. The van der Waals surface area contributed by atoms with Crippen LogP contribution in [0.2, 0.25) is 0 Å². The second-order valence-electron chi connectivity index (χ2n) is 3.71. The second kappa shape index (κ2) is 5.43. The Morgan fingerprint density at radius 1 is 1.05 bits per heavy atom. The zero-order chi connectivity index (χ0) is 13.8. The molecule has 6 nitrogen and oxygen atoms in total. The van der Waals surface area contributed by atoms with Gasteiger partial charge in [0.25, 0.3) is 5.56 Å². The zero-order valence-corrected chi connectivity index (χ0v) is 10.9. The fourth-order valence-electron chi connectivity index (χ4n) is 1.73. The highest BCUT2D eigenvalue weighted by Crippen LogP contribution is 2.40. The molecule has 0 fully saturated rings. The standard InChI is InChI=1S/C13H14N2O4/c1-17-10-4-8(5-11(18-2)13(10)19-3)9-6-15-12(16)7-14-9/h4-7H,1-3H3,(H,15,16). The fraction of sp³-hybridized carbons (Fsp3) is 0.231. The van der Waals surface area contributed by atoms with Crippen LogP contribution in [0.15, 0.2) is 29.3 Å². The third kappa shape index (κ3) is 2.52. The Bertz CT molecular complexity index is 591. The summed E-state index contributed by atoms with van der Waals surface area (Å²) in [6, 6.07) is 3.53. The van der Waals surface area contributed by atoms with Gasteiger partial charge in [0, 0.05) is 11.8 Å². The van der Waals surface area contributed by atoms with Gasteiger partial charge in [0.05, 0.1) is 33.2 Å². The number of ether oxygens (including phenoxy) is 3. The molecule has 6 heteroatoms. The number of H-pyrrole nitrogens is 1. The molecule has 0 bridgehead atoms. The molecule has 0 aliphatic carbocycles. The topological polar surface area (TPSA) is 73.4 Å². The first-order valence-corrected chi connectivity index (χ1v) is 5.54. The summed E-state index contributed by atoms with van der Waals surface area (Å²) in [4.78, 5) is 17.6. The van der Waals surface area contributed by atoms with Crippen molar-refractivity contribution in [3.8, 4) is 28.5 Å². The Labute approximate surface area is 110 Å². The lowest BCUT2D eigenvalue weighted by atomic mass is 10.1. The van der Waals surface area contributed by atoms with Gasteiger partial charge in [-0.3, -0.25) is 4.79 Å². The van der Waals surface area contributed by atoms with Gasteiger partial charge in [-0.15, -0.1) is 0 Å². The lowest BCUT2D eigenvalue weighted by molar-refractivity contribution is 0.324. The Morgan fingerprint density at radius 2 is 1.68 bits per heavy atom. The van der Waals surface area contributed by atoms with Crippen molar-refractivity contribution in [3.63, 3.8) is 0 Å². The van der Waals surface area contributed by atoms with Crippen LogP contribution in [0.5, 0.6) is 17.2 Å². The van der Waals surface area contributed by atoms with Crippen LogP contribution in [0.3, 0.4) is 0 Å². The molecule has 2 aromatic rings. The number of hydrogen-bond acceptors (Lipinski definition) is 5. The Balaban J connectivity index is 2.58. The van der Waals surface area contributed by atoms with Crippen LogP contribution >= 0.6 is 0 Å². The van der Waals surface area contributed by atoms with Gasteiger partial charge in [-0.25, -0.2) is 4.98 Å². The number of methoxy groups -OCH3 is 3. The van der Waals surface area contributed by atoms with E-state index in [9.17, 15) is 4.79 Å². The van der Waals surface area contributed by atoms with E-state index in [0.29, 0.717) is 22.9 Å². The minimum absolute atomic E-state index is 0.254. The highest BCUT2D eigenvalue weighted by molar-refractivity contribution is 5.68. The first kappa shape index (κ1) is 12.9. The first-order valence-electron chi connectivity index (χ1n) is 5.54. The predicted octanol–water partition coefficient (Wildman–Crippen LogP) is 1.46. The molecule has 19 heavy (non-hydrogen) atoms. The molecule has 0 saturated heterocycles. The smallest absolute Gasteiger partial charge is 0.266 e. The average Bonchev–Trinajstić information content (AvgIpc) is 2.46. The summed E-state index contributed by atoms with van der Waals surface area (Å²) in [5.74, 6) is 1.58. The number of rotatable bonds is 4. The minimum atomic E-state index is -0.254. The van der Waals surface area contributed by atoms with Crippen LogP contribution in [-0.4, -0.2) is 31.3 Å². The third-order valence-electron chi connectivity index (χ3n) is 2.63. The molecule has 1 N–H and O–H groups in total. The van der Waals surface area contributed by atoms with Crippen molar-refractivity contribution >= 4 is 0 Å². The van der Waals surface area contributed by atoms with Gasteiger partial charge >= 0.3 is 0 Å². The maximum absolute atomic E-state index is 11.0. The van der Waals surface area contributed by atoms with E-state index in [1.54, 1.807) is 26.4 Å². The van der Waals surface area contributed by atoms with Crippen LogP contribution in [0, 0.1) is 0 Å². The molecule has 0 atom stereocenters. The summed E-state index contributed by atoms with van der Waals surface area (Å²) < 4.78 is 15.8. The molecule has 0 amide bonds. The molecular formula is C13H14N2O4. The second-order valence-corrected chi connectivity index (χ2v) is 3.71. The molecule has 1 heterocycles. The van der Waals surface area contributed by atoms with Gasteiger partial charge < -0.3 is 19.2 Å². The molecule has 100 valence electrons. The summed E-state index contributed by atoms with van der Waals surface area (Å²) in [7, 11) is 4.63. The monoisotopic (exact) mass is 262 g/mol. The van der Waals surface area contributed by atoms with Crippen molar-refractivity contribution in [1.29, 1.82) is 0 Å². The van der Waals surface area contributed by atoms with E-state index in [0.717, 1.165) is 5.56 Å². The molecule has 0 aliphatic rings. The Morgan fingerprint density at radius 3 is 2.11 bits per heavy atom. The Hall–Kier alpha value is -2.50. The van der Waals surface area contributed by atoms with E-state index in [1.165, 1.54) is 19.5 Å².